The average Bonchev–Trinajstić information content (AvgIpc) is 2.71. The van der Waals surface area contributed by atoms with Gasteiger partial charge in [-0.25, -0.2) is 14.6 Å². The van der Waals surface area contributed by atoms with Crippen molar-refractivity contribution in [2.75, 3.05) is 0 Å². The Kier molecular flexibility index (Phi) is 2.03. The van der Waals surface area contributed by atoms with Gasteiger partial charge in [-0.15, -0.1) is 5.10 Å². The molecule has 0 fully saturated rings. The molecule has 0 aliphatic heterocycles. The zero-order chi connectivity index (χ0) is 13.7. The number of rotatable bonds is 1. The highest BCUT2D eigenvalue weighted by molar-refractivity contribution is 6.08. The molecular formula is C9H6N6O4. The molecule has 2 N–H and O–H groups in total. The Morgan fingerprint density at radius 2 is 2.05 bits per heavy atom. The standard InChI is InChI=1S/C9H6N6O4/c1-14-7-4-5(11-3(16)2-10-4)9(17)8(15(18)19)6(7)12-13-14/h2,17H,1H3,(H,11,16). The highest BCUT2D eigenvalue weighted by atomic mass is 16.6. The van der Waals surface area contributed by atoms with Crippen LogP contribution in [0.1, 0.15) is 0 Å². The summed E-state index contributed by atoms with van der Waals surface area (Å²) in [6.07, 6.45) is 1.07. The minimum absolute atomic E-state index is 0.0857. The summed E-state index contributed by atoms with van der Waals surface area (Å²) < 4.78 is 1.29. The summed E-state index contributed by atoms with van der Waals surface area (Å²) in [5, 5.41) is 37.6. The van der Waals surface area contributed by atoms with Crippen molar-refractivity contribution < 1.29 is 15.1 Å². The van der Waals surface area contributed by atoms with E-state index in [-0.39, 0.29) is 22.1 Å². The largest absolute Gasteiger partial charge is 0.500 e. The summed E-state index contributed by atoms with van der Waals surface area (Å²) in [7, 11) is 1.53. The first-order valence-corrected chi connectivity index (χ1v) is 5.05. The van der Waals surface area contributed by atoms with Crippen molar-refractivity contribution in [3.63, 3.8) is 0 Å². The number of nitro benzene ring substituents is 1. The Labute approximate surface area is 104 Å². The van der Waals surface area contributed by atoms with Crippen molar-refractivity contribution in [1.82, 2.24) is 25.0 Å². The van der Waals surface area contributed by atoms with E-state index in [1.54, 1.807) is 0 Å². The van der Waals surface area contributed by atoms with Crippen LogP contribution in [0.4, 0.5) is 5.69 Å². The van der Waals surface area contributed by atoms with E-state index in [9.17, 15) is 20.3 Å². The van der Waals surface area contributed by atoms with Crippen molar-refractivity contribution in [3.8, 4) is 11.6 Å². The number of aromatic nitrogens is 5. The maximum absolute atomic E-state index is 11.0. The Morgan fingerprint density at radius 1 is 1.32 bits per heavy atom. The summed E-state index contributed by atoms with van der Waals surface area (Å²) in [4.78, 5) is 17.8. The lowest BCUT2D eigenvalue weighted by molar-refractivity contribution is -0.384. The fraction of sp³-hybridized carbons (Fsp3) is 0.111. The zero-order valence-electron chi connectivity index (χ0n) is 9.47. The van der Waals surface area contributed by atoms with Crippen LogP contribution in [0.2, 0.25) is 0 Å². The topological polar surface area (TPSA) is 140 Å². The van der Waals surface area contributed by atoms with Gasteiger partial charge < -0.3 is 10.2 Å². The van der Waals surface area contributed by atoms with E-state index in [0.717, 1.165) is 6.20 Å². The molecule has 0 spiro atoms. The number of hydrogen-bond donors (Lipinski definition) is 2. The van der Waals surface area contributed by atoms with Crippen molar-refractivity contribution in [2.45, 2.75) is 0 Å². The third kappa shape index (κ3) is 1.36. The smallest absolute Gasteiger partial charge is 0.342 e. The SMILES string of the molecule is Cn1nnc2c([N+](=O)[O-])c(O)c3nc(O)cnc3c21. The number of aromatic hydroxyl groups is 2. The van der Waals surface area contributed by atoms with Crippen LogP contribution in [0.25, 0.3) is 22.1 Å². The Balaban J connectivity index is 2.67. The first-order valence-electron chi connectivity index (χ1n) is 5.05. The van der Waals surface area contributed by atoms with E-state index < -0.39 is 22.2 Å². The van der Waals surface area contributed by atoms with Crippen molar-refractivity contribution >= 4 is 27.8 Å². The van der Waals surface area contributed by atoms with Crippen LogP contribution in [-0.4, -0.2) is 40.1 Å². The van der Waals surface area contributed by atoms with Crippen LogP contribution < -0.4 is 0 Å². The maximum Gasteiger partial charge on any atom is 0.342 e. The molecule has 0 unspecified atom stereocenters. The number of benzene rings is 1. The third-order valence-electron chi connectivity index (χ3n) is 2.67. The Bertz CT molecular complexity index is 842. The summed E-state index contributed by atoms with van der Waals surface area (Å²) in [6.45, 7) is 0. The van der Waals surface area contributed by atoms with Gasteiger partial charge in [0.1, 0.15) is 16.6 Å². The average molecular weight is 262 g/mol. The van der Waals surface area contributed by atoms with Crippen LogP contribution >= 0.6 is 0 Å². The molecule has 0 saturated carbocycles. The lowest BCUT2D eigenvalue weighted by Gasteiger charge is -2.03. The molecule has 0 atom stereocenters. The van der Waals surface area contributed by atoms with Gasteiger partial charge in [0.15, 0.2) is 5.52 Å². The van der Waals surface area contributed by atoms with Gasteiger partial charge >= 0.3 is 5.69 Å². The highest BCUT2D eigenvalue weighted by Crippen LogP contribution is 2.39. The summed E-state index contributed by atoms with van der Waals surface area (Å²) in [5.74, 6) is -1.15. The van der Waals surface area contributed by atoms with Crippen LogP contribution in [0, 0.1) is 10.1 Å². The van der Waals surface area contributed by atoms with E-state index in [1.807, 2.05) is 0 Å². The van der Waals surface area contributed by atoms with E-state index in [4.69, 9.17) is 0 Å². The number of nitro groups is 1. The number of fused-ring (bicyclic) bond motifs is 3. The van der Waals surface area contributed by atoms with Crippen LogP contribution in [0.3, 0.4) is 0 Å². The molecule has 10 heteroatoms. The van der Waals surface area contributed by atoms with Gasteiger partial charge in [0, 0.05) is 7.05 Å². The van der Waals surface area contributed by atoms with E-state index >= 15 is 0 Å². The summed E-state index contributed by atoms with van der Waals surface area (Å²) in [5.41, 5.74) is -0.451. The minimum Gasteiger partial charge on any atom is -0.500 e. The fourth-order valence-electron chi connectivity index (χ4n) is 1.90. The molecule has 10 nitrogen and oxygen atoms in total. The van der Waals surface area contributed by atoms with Crippen molar-refractivity contribution in [1.29, 1.82) is 0 Å². The Morgan fingerprint density at radius 3 is 2.74 bits per heavy atom. The predicted molar refractivity (Wildman–Crippen MR) is 61.6 cm³/mol. The molecule has 3 aromatic rings. The van der Waals surface area contributed by atoms with Crippen LogP contribution in [0.5, 0.6) is 11.6 Å². The van der Waals surface area contributed by atoms with E-state index in [2.05, 4.69) is 20.3 Å². The number of phenols is 1. The number of nitrogens with zero attached hydrogens (tertiary/aromatic N) is 6. The molecule has 0 aliphatic carbocycles. The fourth-order valence-corrected chi connectivity index (χ4v) is 1.90. The first kappa shape index (κ1) is 11.1. The molecule has 0 radical (unpaired) electrons. The molecule has 0 amide bonds. The summed E-state index contributed by atoms with van der Waals surface area (Å²) >= 11 is 0. The first-order chi connectivity index (χ1) is 9.00. The molecule has 19 heavy (non-hydrogen) atoms. The van der Waals surface area contributed by atoms with Crippen LogP contribution in [0.15, 0.2) is 6.20 Å². The van der Waals surface area contributed by atoms with Gasteiger partial charge in [-0.05, 0) is 0 Å². The molecule has 2 aromatic heterocycles. The monoisotopic (exact) mass is 262 g/mol. The molecule has 96 valence electrons. The number of phenolic OH excluding ortho intramolecular Hbond substituents is 1. The van der Waals surface area contributed by atoms with E-state index in [1.165, 1.54) is 11.7 Å². The third-order valence-corrected chi connectivity index (χ3v) is 2.67. The minimum atomic E-state index is -0.780. The number of hydrogen-bond acceptors (Lipinski definition) is 8. The van der Waals surface area contributed by atoms with E-state index in [0.29, 0.717) is 0 Å². The molecular weight excluding hydrogens is 256 g/mol. The lowest BCUT2D eigenvalue weighted by Crippen LogP contribution is -1.97. The second kappa shape index (κ2) is 3.48. The number of aryl methyl sites for hydroxylation is 1. The van der Waals surface area contributed by atoms with Gasteiger partial charge in [-0.3, -0.25) is 10.1 Å². The Hall–Kier alpha value is -3.04. The quantitative estimate of drug-likeness (QED) is 0.469. The molecule has 0 saturated heterocycles. The summed E-state index contributed by atoms with van der Waals surface area (Å²) in [6, 6.07) is 0. The lowest BCUT2D eigenvalue weighted by atomic mass is 10.2. The highest BCUT2D eigenvalue weighted by Gasteiger charge is 2.28. The molecule has 0 bridgehead atoms. The van der Waals surface area contributed by atoms with Gasteiger partial charge in [0.2, 0.25) is 11.6 Å². The van der Waals surface area contributed by atoms with Gasteiger partial charge in [-0.1, -0.05) is 5.21 Å². The van der Waals surface area contributed by atoms with Crippen molar-refractivity contribution in [2.24, 2.45) is 7.05 Å². The second-order valence-corrected chi connectivity index (χ2v) is 3.79. The van der Waals surface area contributed by atoms with Crippen molar-refractivity contribution in [3.05, 3.63) is 16.3 Å². The predicted octanol–water partition coefficient (Wildman–Crippen LogP) is 0.231. The molecule has 1 aromatic carbocycles. The van der Waals surface area contributed by atoms with Crippen LogP contribution in [-0.2, 0) is 7.05 Å². The maximum atomic E-state index is 11.0. The second-order valence-electron chi connectivity index (χ2n) is 3.79. The molecule has 2 heterocycles. The van der Waals surface area contributed by atoms with Gasteiger partial charge in [0.05, 0.1) is 11.1 Å². The molecule has 0 aliphatic rings. The van der Waals surface area contributed by atoms with Gasteiger partial charge in [-0.2, -0.15) is 0 Å². The van der Waals surface area contributed by atoms with Gasteiger partial charge in [0.25, 0.3) is 0 Å². The normalized spacial score (nSPS) is 11.2. The molecule has 3 rings (SSSR count). The zero-order valence-corrected chi connectivity index (χ0v) is 9.47.